The maximum absolute atomic E-state index is 13.4. The Kier molecular flexibility index (Phi) is 2.97. The average molecular weight is 288 g/mol. The molecule has 0 aliphatic rings. The molecule has 0 radical (unpaired) electrons. The Labute approximate surface area is 98.5 Å². The molecule has 1 aromatic heterocycles. The first-order chi connectivity index (χ1) is 7.15. The lowest BCUT2D eigenvalue weighted by molar-refractivity contribution is 0.630. The first kappa shape index (κ1) is 10.5. The molecule has 3 nitrogen and oxygen atoms in total. The van der Waals surface area contributed by atoms with Gasteiger partial charge in [0.1, 0.15) is 5.82 Å². The van der Waals surface area contributed by atoms with E-state index < -0.39 is 0 Å². The van der Waals surface area contributed by atoms with Crippen LogP contribution in [0.1, 0.15) is 5.56 Å². The van der Waals surface area contributed by atoms with Crippen molar-refractivity contribution in [3.05, 3.63) is 33.5 Å². The van der Waals surface area contributed by atoms with Crippen molar-refractivity contribution in [2.75, 3.05) is 5.32 Å². The molecule has 1 aromatic carbocycles. The molecule has 2 rings (SSSR count). The number of benzene rings is 1. The van der Waals surface area contributed by atoms with E-state index in [2.05, 4.69) is 31.4 Å². The maximum Gasteiger partial charge on any atom is 0.210 e. The summed E-state index contributed by atoms with van der Waals surface area (Å²) >= 11 is 4.50. The van der Waals surface area contributed by atoms with Crippen LogP contribution in [0, 0.1) is 12.7 Å². The first-order valence-corrected chi connectivity index (χ1v) is 5.78. The number of halogens is 2. The molecule has 1 N–H and O–H groups in total. The number of aromatic nitrogens is 2. The van der Waals surface area contributed by atoms with Gasteiger partial charge in [0.05, 0.1) is 5.69 Å². The molecule has 0 amide bonds. The summed E-state index contributed by atoms with van der Waals surface area (Å²) < 4.78 is 14.1. The highest BCUT2D eigenvalue weighted by atomic mass is 79.9. The number of anilines is 2. The lowest BCUT2D eigenvalue weighted by Crippen LogP contribution is -1.93. The van der Waals surface area contributed by atoms with Crippen LogP contribution in [-0.4, -0.2) is 10.2 Å². The zero-order valence-electron chi connectivity index (χ0n) is 7.79. The predicted octanol–water partition coefficient (Wildman–Crippen LogP) is 3.49. The largest absolute Gasteiger partial charge is 0.328 e. The molecule has 6 heteroatoms. The number of nitrogens with one attached hydrogen (secondary N) is 1. The number of aryl methyl sites for hydroxylation is 1. The van der Waals surface area contributed by atoms with Crippen LogP contribution >= 0.6 is 27.3 Å². The molecule has 0 bridgehead atoms. The summed E-state index contributed by atoms with van der Waals surface area (Å²) in [5.74, 6) is -0.290. The molecule has 2 aromatic rings. The zero-order valence-corrected chi connectivity index (χ0v) is 10.2. The molecule has 0 fully saturated rings. The highest BCUT2D eigenvalue weighted by molar-refractivity contribution is 9.11. The summed E-state index contributed by atoms with van der Waals surface area (Å²) in [5, 5.41) is 11.0. The fourth-order valence-electron chi connectivity index (χ4n) is 1.09. The molecule has 0 saturated heterocycles. The van der Waals surface area contributed by atoms with E-state index in [4.69, 9.17) is 0 Å². The molecule has 15 heavy (non-hydrogen) atoms. The maximum atomic E-state index is 13.4. The van der Waals surface area contributed by atoms with Crippen LogP contribution in [0.5, 0.6) is 0 Å². The third kappa shape index (κ3) is 2.51. The van der Waals surface area contributed by atoms with Gasteiger partial charge in [-0.1, -0.05) is 17.4 Å². The first-order valence-electron chi connectivity index (χ1n) is 4.17. The van der Waals surface area contributed by atoms with E-state index in [1.165, 1.54) is 17.4 Å². The fraction of sp³-hybridized carbons (Fsp3) is 0.111. The van der Waals surface area contributed by atoms with Crippen LogP contribution < -0.4 is 5.32 Å². The van der Waals surface area contributed by atoms with Crippen molar-refractivity contribution in [2.45, 2.75) is 6.92 Å². The van der Waals surface area contributed by atoms with Gasteiger partial charge in [0, 0.05) is 0 Å². The molecule has 1 heterocycles. The Morgan fingerprint density at radius 1 is 1.40 bits per heavy atom. The van der Waals surface area contributed by atoms with E-state index in [-0.39, 0.29) is 5.82 Å². The Hall–Kier alpha value is -1.01. The third-order valence-electron chi connectivity index (χ3n) is 1.77. The van der Waals surface area contributed by atoms with Gasteiger partial charge < -0.3 is 5.32 Å². The normalized spacial score (nSPS) is 10.3. The highest BCUT2D eigenvalue weighted by Gasteiger charge is 2.05. The molecule has 78 valence electrons. The van der Waals surface area contributed by atoms with Gasteiger partial charge in [-0.2, -0.15) is 0 Å². The molecule has 0 atom stereocenters. The monoisotopic (exact) mass is 287 g/mol. The minimum absolute atomic E-state index is 0.290. The van der Waals surface area contributed by atoms with Gasteiger partial charge in [-0.05, 0) is 40.5 Å². The lowest BCUT2D eigenvalue weighted by atomic mass is 10.2. The second-order valence-corrected chi connectivity index (χ2v) is 5.22. The van der Waals surface area contributed by atoms with Gasteiger partial charge in [-0.15, -0.1) is 10.2 Å². The summed E-state index contributed by atoms with van der Waals surface area (Å²) in [6, 6.07) is 4.99. The topological polar surface area (TPSA) is 37.8 Å². The van der Waals surface area contributed by atoms with Gasteiger partial charge in [-0.3, -0.25) is 0 Å². The lowest BCUT2D eigenvalue weighted by Gasteiger charge is -2.03. The van der Waals surface area contributed by atoms with Crippen molar-refractivity contribution in [3.63, 3.8) is 0 Å². The van der Waals surface area contributed by atoms with E-state index in [1.807, 2.05) is 13.0 Å². The average Bonchev–Trinajstić information content (AvgIpc) is 2.56. The molecular formula is C9H7BrFN3S. The smallest absolute Gasteiger partial charge is 0.210 e. The van der Waals surface area contributed by atoms with Crippen LogP contribution in [0.25, 0.3) is 0 Å². The van der Waals surface area contributed by atoms with Crippen molar-refractivity contribution in [3.8, 4) is 0 Å². The van der Waals surface area contributed by atoms with Crippen molar-refractivity contribution in [1.29, 1.82) is 0 Å². The van der Waals surface area contributed by atoms with Crippen LogP contribution in [0.3, 0.4) is 0 Å². The minimum atomic E-state index is -0.290. The number of nitrogens with zero attached hydrogens (tertiary/aromatic N) is 2. The second-order valence-electron chi connectivity index (χ2n) is 2.97. The SMILES string of the molecule is Cc1ccc(Nc2nnc(Br)s2)c(F)c1. The van der Waals surface area contributed by atoms with Crippen molar-refractivity contribution in [2.24, 2.45) is 0 Å². The fourth-order valence-corrected chi connectivity index (χ4v) is 2.12. The Morgan fingerprint density at radius 2 is 2.20 bits per heavy atom. The summed E-state index contributed by atoms with van der Waals surface area (Å²) in [6.07, 6.45) is 0. The van der Waals surface area contributed by atoms with Crippen LogP contribution in [0.15, 0.2) is 22.1 Å². The van der Waals surface area contributed by atoms with Crippen molar-refractivity contribution in [1.82, 2.24) is 10.2 Å². The van der Waals surface area contributed by atoms with E-state index in [1.54, 1.807) is 6.07 Å². The standard InChI is InChI=1S/C9H7BrFN3S/c1-5-2-3-7(6(11)4-5)12-9-14-13-8(10)15-9/h2-4H,1H3,(H,12,14). The van der Waals surface area contributed by atoms with Gasteiger partial charge >= 0.3 is 0 Å². The van der Waals surface area contributed by atoms with E-state index in [9.17, 15) is 4.39 Å². The molecule has 0 saturated carbocycles. The highest BCUT2D eigenvalue weighted by Crippen LogP contribution is 2.25. The molecule has 0 aliphatic heterocycles. The third-order valence-corrected chi connectivity index (χ3v) is 3.04. The summed E-state index contributed by atoms with van der Waals surface area (Å²) in [5.41, 5.74) is 1.29. The van der Waals surface area contributed by atoms with Crippen molar-refractivity contribution >= 4 is 38.1 Å². The number of rotatable bonds is 2. The Balaban J connectivity index is 2.24. The Bertz CT molecular complexity index is 486. The number of hydrogen-bond acceptors (Lipinski definition) is 4. The zero-order chi connectivity index (χ0) is 10.8. The van der Waals surface area contributed by atoms with Crippen LogP contribution in [0.2, 0.25) is 0 Å². The summed E-state index contributed by atoms with van der Waals surface area (Å²) in [7, 11) is 0. The van der Waals surface area contributed by atoms with E-state index >= 15 is 0 Å². The molecule has 0 aliphatic carbocycles. The van der Waals surface area contributed by atoms with Gasteiger partial charge in [0.25, 0.3) is 0 Å². The quantitative estimate of drug-likeness (QED) is 0.919. The van der Waals surface area contributed by atoms with Crippen LogP contribution in [0.4, 0.5) is 15.2 Å². The Morgan fingerprint density at radius 3 is 2.80 bits per heavy atom. The van der Waals surface area contributed by atoms with E-state index in [0.717, 1.165) is 5.56 Å². The minimum Gasteiger partial charge on any atom is -0.328 e. The summed E-state index contributed by atoms with van der Waals surface area (Å²) in [4.78, 5) is 0. The second kappa shape index (κ2) is 4.24. The summed E-state index contributed by atoms with van der Waals surface area (Å²) in [6.45, 7) is 1.84. The van der Waals surface area contributed by atoms with Gasteiger partial charge in [-0.25, -0.2) is 4.39 Å². The predicted molar refractivity (Wildman–Crippen MR) is 62.0 cm³/mol. The van der Waals surface area contributed by atoms with Crippen molar-refractivity contribution < 1.29 is 4.39 Å². The van der Waals surface area contributed by atoms with Crippen LogP contribution in [-0.2, 0) is 0 Å². The molecule has 0 unspecified atom stereocenters. The van der Waals surface area contributed by atoms with Gasteiger partial charge in [0.2, 0.25) is 5.13 Å². The molecular weight excluding hydrogens is 281 g/mol. The number of hydrogen-bond donors (Lipinski definition) is 1. The van der Waals surface area contributed by atoms with E-state index in [0.29, 0.717) is 14.7 Å². The van der Waals surface area contributed by atoms with Gasteiger partial charge in [0.15, 0.2) is 3.92 Å². The molecule has 0 spiro atoms.